The topological polar surface area (TPSA) is 53.4 Å². The highest BCUT2D eigenvalue weighted by atomic mass is 35.5. The van der Waals surface area contributed by atoms with Crippen molar-refractivity contribution >= 4 is 28.6 Å². The molecule has 1 unspecified atom stereocenters. The minimum atomic E-state index is -0.612. The Hall–Kier alpha value is -1.82. The van der Waals surface area contributed by atoms with Gasteiger partial charge in [-0.15, -0.1) is 11.6 Å². The van der Waals surface area contributed by atoms with Crippen LogP contribution in [0.25, 0.3) is 11.0 Å². The average Bonchev–Trinajstić information content (AvgIpc) is 2.82. The van der Waals surface area contributed by atoms with E-state index in [2.05, 4.69) is 4.98 Å². The zero-order valence-electron chi connectivity index (χ0n) is 12.0. The van der Waals surface area contributed by atoms with E-state index in [1.807, 2.05) is 0 Å². The second-order valence-electron chi connectivity index (χ2n) is 4.44. The van der Waals surface area contributed by atoms with Crippen molar-refractivity contribution in [3.63, 3.8) is 0 Å². The van der Waals surface area contributed by atoms with E-state index in [1.165, 1.54) is 19.2 Å². The van der Waals surface area contributed by atoms with Crippen molar-refractivity contribution in [3.05, 3.63) is 23.8 Å². The normalized spacial score (nSPS) is 12.4. The average molecular weight is 315 g/mol. The molecule has 21 heavy (non-hydrogen) atoms. The van der Waals surface area contributed by atoms with Crippen LogP contribution in [0, 0.1) is 5.82 Å². The molecule has 0 N–H and O–H groups in total. The summed E-state index contributed by atoms with van der Waals surface area (Å²) in [5.41, 5.74) is 0.990. The van der Waals surface area contributed by atoms with Crippen molar-refractivity contribution in [1.82, 2.24) is 9.55 Å². The second-order valence-corrected chi connectivity index (χ2v) is 4.70. The quantitative estimate of drug-likeness (QED) is 0.629. The van der Waals surface area contributed by atoms with Gasteiger partial charge in [0.15, 0.2) is 11.6 Å². The first-order valence-electron chi connectivity index (χ1n) is 6.50. The molecule has 0 spiro atoms. The van der Waals surface area contributed by atoms with Gasteiger partial charge in [-0.2, -0.15) is 0 Å². The van der Waals surface area contributed by atoms with E-state index < -0.39 is 17.8 Å². The number of esters is 1. The van der Waals surface area contributed by atoms with Gasteiger partial charge >= 0.3 is 5.97 Å². The van der Waals surface area contributed by atoms with E-state index in [0.29, 0.717) is 16.9 Å². The van der Waals surface area contributed by atoms with Crippen LogP contribution in [0.15, 0.2) is 12.1 Å². The molecule has 0 saturated heterocycles. The highest BCUT2D eigenvalue weighted by Gasteiger charge is 2.23. The molecule has 5 nitrogen and oxygen atoms in total. The summed E-state index contributed by atoms with van der Waals surface area (Å²) in [6, 6.07) is 2.15. The van der Waals surface area contributed by atoms with Gasteiger partial charge < -0.3 is 14.0 Å². The third-order valence-electron chi connectivity index (χ3n) is 3.17. The predicted molar refractivity (Wildman–Crippen MR) is 77.1 cm³/mol. The Balaban J connectivity index is 2.62. The maximum absolute atomic E-state index is 13.7. The molecular formula is C14H16ClFN2O3. The SMILES string of the molecule is CCOC(=O)C(C)n1c(CCl)nc2cc(F)c(OC)cc21. The Morgan fingerprint density at radius 3 is 2.81 bits per heavy atom. The number of carbonyl (C=O) groups excluding carboxylic acids is 1. The molecule has 1 atom stereocenters. The smallest absolute Gasteiger partial charge is 0.328 e. The van der Waals surface area contributed by atoms with Crippen LogP contribution >= 0.6 is 11.6 Å². The van der Waals surface area contributed by atoms with Crippen molar-refractivity contribution in [2.75, 3.05) is 13.7 Å². The lowest BCUT2D eigenvalue weighted by atomic mass is 10.2. The van der Waals surface area contributed by atoms with Crippen molar-refractivity contribution in [2.24, 2.45) is 0 Å². The molecule has 2 rings (SSSR count). The van der Waals surface area contributed by atoms with Crippen molar-refractivity contribution < 1.29 is 18.7 Å². The number of aromatic nitrogens is 2. The summed E-state index contributed by atoms with van der Waals surface area (Å²) < 4.78 is 25.4. The Kier molecular flexibility index (Phi) is 4.67. The van der Waals surface area contributed by atoms with E-state index in [1.54, 1.807) is 18.4 Å². The van der Waals surface area contributed by atoms with Gasteiger partial charge in [0.1, 0.15) is 11.9 Å². The van der Waals surface area contributed by atoms with E-state index >= 15 is 0 Å². The molecule has 0 aliphatic rings. The molecule has 0 aliphatic carbocycles. The molecule has 0 fully saturated rings. The number of alkyl halides is 1. The number of benzene rings is 1. The summed E-state index contributed by atoms with van der Waals surface area (Å²) in [5.74, 6) is -0.255. The minimum absolute atomic E-state index is 0.0841. The molecule has 1 heterocycles. The van der Waals surface area contributed by atoms with Gasteiger partial charge in [0.25, 0.3) is 0 Å². The van der Waals surface area contributed by atoms with Gasteiger partial charge in [0, 0.05) is 12.1 Å². The molecule has 0 radical (unpaired) electrons. The Morgan fingerprint density at radius 1 is 1.52 bits per heavy atom. The molecule has 0 saturated carbocycles. The highest BCUT2D eigenvalue weighted by molar-refractivity contribution is 6.17. The summed E-state index contributed by atoms with van der Waals surface area (Å²) in [6.45, 7) is 3.70. The molecule has 114 valence electrons. The zero-order chi connectivity index (χ0) is 15.6. The van der Waals surface area contributed by atoms with Gasteiger partial charge in [-0.1, -0.05) is 0 Å². The highest BCUT2D eigenvalue weighted by Crippen LogP contribution is 2.28. The number of hydrogen-bond donors (Lipinski definition) is 0. The molecule has 1 aromatic heterocycles. The van der Waals surface area contributed by atoms with Gasteiger partial charge in [-0.25, -0.2) is 14.2 Å². The largest absolute Gasteiger partial charge is 0.494 e. The van der Waals surface area contributed by atoms with Gasteiger partial charge in [0.2, 0.25) is 0 Å². The lowest BCUT2D eigenvalue weighted by molar-refractivity contribution is -0.146. The number of halogens is 2. The second kappa shape index (κ2) is 6.30. The fraction of sp³-hybridized carbons (Fsp3) is 0.429. The fourth-order valence-corrected chi connectivity index (χ4v) is 2.39. The summed E-state index contributed by atoms with van der Waals surface area (Å²) in [6.07, 6.45) is 0. The molecule has 7 heteroatoms. The van der Waals surface area contributed by atoms with Crippen LogP contribution in [0.4, 0.5) is 4.39 Å². The van der Waals surface area contributed by atoms with Crippen LogP contribution in [-0.2, 0) is 15.4 Å². The monoisotopic (exact) mass is 314 g/mol. The van der Waals surface area contributed by atoms with Crippen LogP contribution in [0.1, 0.15) is 25.7 Å². The van der Waals surface area contributed by atoms with Crippen molar-refractivity contribution in [2.45, 2.75) is 25.8 Å². The third-order valence-corrected chi connectivity index (χ3v) is 3.41. The molecule has 0 amide bonds. The Labute approximate surface area is 126 Å². The van der Waals surface area contributed by atoms with E-state index in [4.69, 9.17) is 21.1 Å². The van der Waals surface area contributed by atoms with Gasteiger partial charge in [-0.3, -0.25) is 0 Å². The summed E-state index contributed by atoms with van der Waals surface area (Å²) >= 11 is 5.88. The number of ether oxygens (including phenoxy) is 2. The van der Waals surface area contributed by atoms with Crippen LogP contribution in [0.3, 0.4) is 0 Å². The minimum Gasteiger partial charge on any atom is -0.494 e. The van der Waals surface area contributed by atoms with Crippen LogP contribution in [-0.4, -0.2) is 29.2 Å². The first kappa shape index (κ1) is 15.6. The molecule has 0 aliphatic heterocycles. The van der Waals surface area contributed by atoms with Gasteiger partial charge in [0.05, 0.1) is 30.6 Å². The van der Waals surface area contributed by atoms with E-state index in [0.717, 1.165) is 0 Å². The summed E-state index contributed by atoms with van der Waals surface area (Å²) in [4.78, 5) is 16.2. The summed E-state index contributed by atoms with van der Waals surface area (Å²) in [7, 11) is 1.38. The fourth-order valence-electron chi connectivity index (χ4n) is 2.20. The standard InChI is InChI=1S/C14H16ClFN2O3/c1-4-21-14(19)8(2)18-11-6-12(20-3)9(16)5-10(11)17-13(18)7-15/h5-6,8H,4,7H2,1-3H3. The molecule has 2 aromatic rings. The number of hydrogen-bond acceptors (Lipinski definition) is 4. The predicted octanol–water partition coefficient (Wildman–Crippen LogP) is 3.05. The molecule has 1 aromatic carbocycles. The lowest BCUT2D eigenvalue weighted by Crippen LogP contribution is -2.20. The zero-order valence-corrected chi connectivity index (χ0v) is 12.8. The first-order chi connectivity index (χ1) is 10.0. The summed E-state index contributed by atoms with van der Waals surface area (Å²) in [5, 5.41) is 0. The number of methoxy groups -OCH3 is 1. The van der Waals surface area contributed by atoms with E-state index in [-0.39, 0.29) is 18.2 Å². The number of rotatable bonds is 5. The van der Waals surface area contributed by atoms with Crippen LogP contribution in [0.2, 0.25) is 0 Å². The third kappa shape index (κ3) is 2.81. The molecular weight excluding hydrogens is 299 g/mol. The number of nitrogens with zero attached hydrogens (tertiary/aromatic N) is 2. The lowest BCUT2D eigenvalue weighted by Gasteiger charge is -2.15. The van der Waals surface area contributed by atoms with Crippen LogP contribution < -0.4 is 4.74 Å². The van der Waals surface area contributed by atoms with Crippen molar-refractivity contribution in [3.8, 4) is 5.75 Å². The number of imidazole rings is 1. The molecule has 0 bridgehead atoms. The number of fused-ring (bicyclic) bond motifs is 1. The maximum Gasteiger partial charge on any atom is 0.328 e. The van der Waals surface area contributed by atoms with Crippen molar-refractivity contribution in [1.29, 1.82) is 0 Å². The Bertz CT molecular complexity index is 672. The van der Waals surface area contributed by atoms with Crippen LogP contribution in [0.5, 0.6) is 5.75 Å². The Morgan fingerprint density at radius 2 is 2.24 bits per heavy atom. The number of carbonyl (C=O) groups is 1. The maximum atomic E-state index is 13.7. The first-order valence-corrected chi connectivity index (χ1v) is 7.03. The van der Waals surface area contributed by atoms with E-state index in [9.17, 15) is 9.18 Å². The van der Waals surface area contributed by atoms with Gasteiger partial charge in [-0.05, 0) is 13.8 Å².